The van der Waals surface area contributed by atoms with Crippen LogP contribution in [0.1, 0.15) is 42.5 Å². The molecule has 1 amide bonds. The lowest BCUT2D eigenvalue weighted by molar-refractivity contribution is -0.128. The number of halogens is 1. The minimum absolute atomic E-state index is 0. The van der Waals surface area contributed by atoms with Crippen LogP contribution >= 0.6 is 24.0 Å². The number of carbonyl (C=O) groups excluding carboxylic acids is 1. The summed E-state index contributed by atoms with van der Waals surface area (Å²) in [5, 5.41) is 6.83. The Morgan fingerprint density at radius 1 is 1.11 bits per heavy atom. The van der Waals surface area contributed by atoms with Crippen molar-refractivity contribution in [2.45, 2.75) is 38.9 Å². The molecule has 1 heterocycles. The van der Waals surface area contributed by atoms with Crippen molar-refractivity contribution in [1.82, 2.24) is 15.5 Å². The highest BCUT2D eigenvalue weighted by atomic mass is 127. The number of likely N-dealkylation sites (tertiary alicyclic amines) is 1. The molecule has 2 aromatic carbocycles. The summed E-state index contributed by atoms with van der Waals surface area (Å²) in [6.45, 7) is 4.33. The normalized spacial score (nSPS) is 15.1. The van der Waals surface area contributed by atoms with Crippen LogP contribution in [-0.2, 0) is 17.9 Å². The van der Waals surface area contributed by atoms with Gasteiger partial charge in [0.2, 0.25) is 5.91 Å². The van der Waals surface area contributed by atoms with E-state index in [0.29, 0.717) is 19.5 Å². The van der Waals surface area contributed by atoms with Crippen LogP contribution < -0.4 is 10.6 Å². The monoisotopic (exact) mass is 492 g/mol. The highest BCUT2D eigenvalue weighted by molar-refractivity contribution is 14.0. The number of nitrogens with one attached hydrogen (secondary N) is 2. The van der Waals surface area contributed by atoms with Crippen molar-refractivity contribution in [3.05, 3.63) is 71.3 Å². The molecule has 1 aliphatic rings. The molecule has 2 aromatic rings. The summed E-state index contributed by atoms with van der Waals surface area (Å²) in [7, 11) is 1.78. The van der Waals surface area contributed by atoms with Gasteiger partial charge in [-0.15, -0.1) is 24.0 Å². The SMILES string of the molecule is CN=C(NCc1ccccc1CN1CCCC1=O)NC(C)c1ccccc1.I. The topological polar surface area (TPSA) is 56.7 Å². The average Bonchev–Trinajstić information content (AvgIpc) is 3.11. The van der Waals surface area contributed by atoms with E-state index in [2.05, 4.69) is 46.8 Å². The number of hydrogen-bond donors (Lipinski definition) is 2. The van der Waals surface area contributed by atoms with Gasteiger partial charge in [0.25, 0.3) is 0 Å². The second-order valence-electron chi connectivity index (χ2n) is 6.89. The molecular formula is C22H29IN4O. The van der Waals surface area contributed by atoms with E-state index in [4.69, 9.17) is 0 Å². The molecule has 0 bridgehead atoms. The first kappa shape index (κ1) is 22.2. The van der Waals surface area contributed by atoms with Crippen LogP contribution in [0.4, 0.5) is 0 Å². The van der Waals surface area contributed by atoms with E-state index in [-0.39, 0.29) is 35.9 Å². The molecule has 3 rings (SSSR count). The molecule has 0 radical (unpaired) electrons. The largest absolute Gasteiger partial charge is 0.352 e. The zero-order valence-electron chi connectivity index (χ0n) is 16.5. The number of hydrogen-bond acceptors (Lipinski definition) is 2. The van der Waals surface area contributed by atoms with Gasteiger partial charge < -0.3 is 15.5 Å². The van der Waals surface area contributed by atoms with E-state index in [1.54, 1.807) is 7.05 Å². The summed E-state index contributed by atoms with van der Waals surface area (Å²) in [6, 6.07) is 18.8. The number of nitrogens with zero attached hydrogens (tertiary/aromatic N) is 2. The van der Waals surface area contributed by atoms with Crippen LogP contribution in [0.2, 0.25) is 0 Å². The first-order valence-corrected chi connectivity index (χ1v) is 9.54. The van der Waals surface area contributed by atoms with Crippen LogP contribution in [0.5, 0.6) is 0 Å². The lowest BCUT2D eigenvalue weighted by atomic mass is 10.1. The van der Waals surface area contributed by atoms with Crippen LogP contribution in [0.15, 0.2) is 59.6 Å². The Kier molecular flexibility index (Phi) is 8.76. The Hall–Kier alpha value is -2.09. The van der Waals surface area contributed by atoms with Crippen LogP contribution in [0, 0.1) is 0 Å². The molecule has 5 nitrogen and oxygen atoms in total. The Morgan fingerprint density at radius 3 is 2.43 bits per heavy atom. The van der Waals surface area contributed by atoms with E-state index >= 15 is 0 Å². The molecule has 0 aromatic heterocycles. The zero-order chi connectivity index (χ0) is 19.1. The first-order valence-electron chi connectivity index (χ1n) is 9.54. The molecule has 0 spiro atoms. The van der Waals surface area contributed by atoms with Crippen molar-refractivity contribution in [3.63, 3.8) is 0 Å². The van der Waals surface area contributed by atoms with Crippen LogP contribution in [0.25, 0.3) is 0 Å². The summed E-state index contributed by atoms with van der Waals surface area (Å²) in [4.78, 5) is 18.2. The third-order valence-corrected chi connectivity index (χ3v) is 4.97. The van der Waals surface area contributed by atoms with Crippen molar-refractivity contribution >= 4 is 35.8 Å². The minimum atomic E-state index is 0. The van der Waals surface area contributed by atoms with Gasteiger partial charge in [0.1, 0.15) is 0 Å². The van der Waals surface area contributed by atoms with E-state index in [0.717, 1.165) is 18.9 Å². The predicted molar refractivity (Wildman–Crippen MR) is 125 cm³/mol. The Balaban J connectivity index is 0.00000280. The third-order valence-electron chi connectivity index (χ3n) is 4.97. The first-order chi connectivity index (χ1) is 13.2. The molecule has 150 valence electrons. The fourth-order valence-electron chi connectivity index (χ4n) is 3.36. The highest BCUT2D eigenvalue weighted by Crippen LogP contribution is 2.17. The standard InChI is InChI=1S/C22H28N4O.HI/c1-17(18-9-4-3-5-10-18)25-22(23-2)24-15-19-11-6-7-12-20(19)16-26-14-8-13-21(26)27;/h3-7,9-12,17H,8,13-16H2,1-2H3,(H2,23,24,25);1H. The third kappa shape index (κ3) is 5.95. The summed E-state index contributed by atoms with van der Waals surface area (Å²) in [6.07, 6.45) is 1.64. The van der Waals surface area contributed by atoms with Gasteiger partial charge in [-0.1, -0.05) is 54.6 Å². The number of amides is 1. The molecular weight excluding hydrogens is 463 g/mol. The quantitative estimate of drug-likeness (QED) is 0.366. The second kappa shape index (κ2) is 11.0. The van der Waals surface area contributed by atoms with E-state index in [1.165, 1.54) is 16.7 Å². The lowest BCUT2D eigenvalue weighted by Gasteiger charge is -2.21. The molecule has 1 aliphatic heterocycles. The number of carbonyl (C=O) groups is 1. The molecule has 0 saturated carbocycles. The smallest absolute Gasteiger partial charge is 0.222 e. The van der Waals surface area contributed by atoms with Gasteiger partial charge >= 0.3 is 0 Å². The highest BCUT2D eigenvalue weighted by Gasteiger charge is 2.20. The van der Waals surface area contributed by atoms with Crippen LogP contribution in [-0.4, -0.2) is 30.4 Å². The number of rotatable bonds is 6. The molecule has 2 N–H and O–H groups in total. The Bertz CT molecular complexity index is 794. The molecule has 1 saturated heterocycles. The van der Waals surface area contributed by atoms with Crippen molar-refractivity contribution in [1.29, 1.82) is 0 Å². The van der Waals surface area contributed by atoms with E-state index < -0.39 is 0 Å². The molecule has 1 atom stereocenters. The molecule has 6 heteroatoms. The Morgan fingerprint density at radius 2 is 1.79 bits per heavy atom. The number of guanidine groups is 1. The number of benzene rings is 2. The Labute approximate surface area is 184 Å². The van der Waals surface area contributed by atoms with Crippen molar-refractivity contribution in [3.8, 4) is 0 Å². The van der Waals surface area contributed by atoms with E-state index in [1.807, 2.05) is 35.2 Å². The lowest BCUT2D eigenvalue weighted by Crippen LogP contribution is -2.38. The average molecular weight is 492 g/mol. The molecule has 1 fully saturated rings. The molecule has 1 unspecified atom stereocenters. The van der Waals surface area contributed by atoms with Crippen molar-refractivity contribution < 1.29 is 4.79 Å². The van der Waals surface area contributed by atoms with Gasteiger partial charge in [-0.25, -0.2) is 0 Å². The van der Waals surface area contributed by atoms with Gasteiger partial charge in [-0.3, -0.25) is 9.79 Å². The van der Waals surface area contributed by atoms with Crippen LogP contribution in [0.3, 0.4) is 0 Å². The number of aliphatic imine (C=N–C) groups is 1. The fourth-order valence-corrected chi connectivity index (χ4v) is 3.36. The van der Waals surface area contributed by atoms with Crippen molar-refractivity contribution in [2.24, 2.45) is 4.99 Å². The van der Waals surface area contributed by atoms with E-state index in [9.17, 15) is 4.79 Å². The second-order valence-corrected chi connectivity index (χ2v) is 6.89. The summed E-state index contributed by atoms with van der Waals surface area (Å²) in [5.74, 6) is 1.02. The van der Waals surface area contributed by atoms with Gasteiger partial charge in [0.05, 0.1) is 6.04 Å². The van der Waals surface area contributed by atoms with Gasteiger partial charge in [0.15, 0.2) is 5.96 Å². The van der Waals surface area contributed by atoms with Crippen molar-refractivity contribution in [2.75, 3.05) is 13.6 Å². The van der Waals surface area contributed by atoms with Gasteiger partial charge in [-0.2, -0.15) is 0 Å². The maximum Gasteiger partial charge on any atom is 0.222 e. The van der Waals surface area contributed by atoms with Gasteiger partial charge in [-0.05, 0) is 30.0 Å². The van der Waals surface area contributed by atoms with Gasteiger partial charge in [0, 0.05) is 33.1 Å². The predicted octanol–water partition coefficient (Wildman–Crippen LogP) is 3.85. The molecule has 0 aliphatic carbocycles. The maximum absolute atomic E-state index is 11.9. The summed E-state index contributed by atoms with van der Waals surface area (Å²) in [5.41, 5.74) is 3.59. The molecule has 28 heavy (non-hydrogen) atoms. The maximum atomic E-state index is 11.9. The zero-order valence-corrected chi connectivity index (χ0v) is 18.9. The summed E-state index contributed by atoms with van der Waals surface area (Å²) < 4.78 is 0. The fraction of sp³-hybridized carbons (Fsp3) is 0.364. The minimum Gasteiger partial charge on any atom is -0.352 e. The summed E-state index contributed by atoms with van der Waals surface area (Å²) >= 11 is 0.